The van der Waals surface area contributed by atoms with Gasteiger partial charge in [-0.3, -0.25) is 4.55 Å². The molecule has 1 atom stereocenters. The van der Waals surface area contributed by atoms with E-state index in [1.165, 1.54) is 0 Å². The molecule has 0 aliphatic carbocycles. The van der Waals surface area contributed by atoms with E-state index in [0.29, 0.717) is 0 Å². The van der Waals surface area contributed by atoms with Gasteiger partial charge in [-0.15, -0.1) is 13.2 Å². The summed E-state index contributed by atoms with van der Waals surface area (Å²) < 4.78 is 51.3. The van der Waals surface area contributed by atoms with Crippen LogP contribution in [0.1, 0.15) is 0 Å². The van der Waals surface area contributed by atoms with E-state index in [-0.39, 0.29) is 17.1 Å². The molecule has 3 nitrogen and oxygen atoms in total. The topological polar surface area (TPSA) is 46.5 Å². The minimum absolute atomic E-state index is 0. The Balaban J connectivity index is 0. The predicted molar refractivity (Wildman–Crippen MR) is 17.9 cm³/mol. The first kappa shape index (κ1) is 12.1. The van der Waals surface area contributed by atoms with Crippen LogP contribution in [0.4, 0.5) is 13.2 Å². The smallest absolute Gasteiger partial charge is 0.284 e. The molecule has 0 aromatic rings. The second-order valence-corrected chi connectivity index (χ2v) is 1.35. The Morgan fingerprint density at radius 2 is 1.78 bits per heavy atom. The second kappa shape index (κ2) is 4.24. The van der Waals surface area contributed by atoms with E-state index >= 15 is 0 Å². The fourth-order valence-corrected chi connectivity index (χ4v) is 0.243. The van der Waals surface area contributed by atoms with Crippen molar-refractivity contribution in [2.24, 2.45) is 0 Å². The van der Waals surface area contributed by atoms with Gasteiger partial charge in [-0.1, -0.05) is 0 Å². The number of hydrogen-bond acceptors (Lipinski definition) is 2. The Morgan fingerprint density at radius 1 is 1.44 bits per heavy atom. The van der Waals surface area contributed by atoms with Crippen LogP contribution in [0.15, 0.2) is 0 Å². The van der Waals surface area contributed by atoms with E-state index in [2.05, 4.69) is 4.18 Å². The first-order valence-corrected chi connectivity index (χ1v) is 2.32. The summed E-state index contributed by atoms with van der Waals surface area (Å²) in [5, 5.41) is 0. The third-order valence-electron chi connectivity index (χ3n) is 0.166. The normalized spacial score (nSPS) is 14.2. The summed E-state index contributed by atoms with van der Waals surface area (Å²) in [5.74, 6) is 0. The van der Waals surface area contributed by atoms with Crippen LogP contribution in [0.5, 0.6) is 0 Å². The summed E-state index contributed by atoms with van der Waals surface area (Å²) in [6.45, 7) is 0. The summed E-state index contributed by atoms with van der Waals surface area (Å²) in [5.41, 5.74) is 0. The summed E-state index contributed by atoms with van der Waals surface area (Å²) in [6, 6.07) is 0. The average molecular weight is 214 g/mol. The minimum atomic E-state index is -5.03. The molecule has 0 aliphatic rings. The Bertz CT molecular complexity index is 102. The van der Waals surface area contributed by atoms with E-state index in [0.717, 1.165) is 0 Å². The minimum Gasteiger partial charge on any atom is -0.284 e. The van der Waals surface area contributed by atoms with Crippen LogP contribution in [-0.4, -0.2) is 15.1 Å². The van der Waals surface area contributed by atoms with Crippen molar-refractivity contribution >= 4 is 11.4 Å². The van der Waals surface area contributed by atoms with Crippen molar-refractivity contribution in [1.29, 1.82) is 0 Å². The van der Waals surface area contributed by atoms with Gasteiger partial charge in [0.25, 0.3) is 0 Å². The molecule has 1 N–H and O–H groups in total. The van der Waals surface area contributed by atoms with Crippen LogP contribution in [0.3, 0.4) is 0 Å². The second-order valence-electron chi connectivity index (χ2n) is 0.746. The number of hydrogen-bond donors (Lipinski definition) is 1. The van der Waals surface area contributed by atoms with Gasteiger partial charge >= 0.3 is 17.7 Å². The van der Waals surface area contributed by atoms with Gasteiger partial charge < -0.3 is 0 Å². The molecule has 0 heterocycles. The number of rotatable bonds is 1. The molecular formula is CHCuF3O3S. The summed E-state index contributed by atoms with van der Waals surface area (Å²) in [7, 11) is 0. The van der Waals surface area contributed by atoms with Crippen molar-refractivity contribution in [3.05, 3.63) is 0 Å². The van der Waals surface area contributed by atoms with E-state index in [4.69, 9.17) is 4.55 Å². The third-order valence-corrected chi connectivity index (χ3v) is 0.497. The van der Waals surface area contributed by atoms with Crippen LogP contribution >= 0.6 is 0 Å². The van der Waals surface area contributed by atoms with Gasteiger partial charge in [-0.05, 0) is 0 Å². The van der Waals surface area contributed by atoms with Crippen molar-refractivity contribution < 1.29 is 43.2 Å². The molecule has 1 radical (unpaired) electrons. The van der Waals surface area contributed by atoms with Crippen LogP contribution in [-0.2, 0) is 32.6 Å². The zero-order valence-electron chi connectivity index (χ0n) is 3.61. The van der Waals surface area contributed by atoms with Crippen LogP contribution in [0.2, 0.25) is 0 Å². The zero-order chi connectivity index (χ0) is 6.78. The molecule has 0 rings (SSSR count). The Morgan fingerprint density at radius 3 is 1.78 bits per heavy atom. The average Bonchev–Trinajstić information content (AvgIpc) is 1.21. The molecule has 8 heteroatoms. The van der Waals surface area contributed by atoms with Crippen molar-refractivity contribution in [3.63, 3.8) is 0 Å². The van der Waals surface area contributed by atoms with E-state index in [1.54, 1.807) is 0 Å². The Labute approximate surface area is 61.5 Å². The first-order valence-electron chi connectivity index (χ1n) is 1.29. The van der Waals surface area contributed by atoms with Gasteiger partial charge in [0, 0.05) is 17.1 Å². The van der Waals surface area contributed by atoms with Gasteiger partial charge in [0.2, 0.25) is 0 Å². The standard InChI is InChI=1S/CHF3O3S.Cu/c2-1(3,4)7-8(5)6;/h(H,5,6);. The Hall–Kier alpha value is 0.379. The zero-order valence-corrected chi connectivity index (χ0v) is 5.37. The van der Waals surface area contributed by atoms with Gasteiger partial charge in [0.15, 0.2) is 0 Å². The monoisotopic (exact) mass is 213 g/mol. The molecule has 1 unspecified atom stereocenters. The first-order chi connectivity index (χ1) is 3.42. The maximum absolute atomic E-state index is 10.7. The molecule has 9 heavy (non-hydrogen) atoms. The molecule has 0 aromatic carbocycles. The molecule has 0 fully saturated rings. The molecule has 61 valence electrons. The molecular weight excluding hydrogens is 213 g/mol. The SMILES string of the molecule is O=S(O)OC(F)(F)F.[Cu]. The fraction of sp³-hybridized carbons (Fsp3) is 1.00. The predicted octanol–water partition coefficient (Wildman–Crippen LogP) is 0.657. The molecule has 0 aliphatic heterocycles. The molecule has 0 aromatic heterocycles. The van der Waals surface area contributed by atoms with Crippen molar-refractivity contribution in [3.8, 4) is 0 Å². The van der Waals surface area contributed by atoms with Gasteiger partial charge in [0.05, 0.1) is 0 Å². The van der Waals surface area contributed by atoms with Crippen molar-refractivity contribution in [1.82, 2.24) is 0 Å². The number of alkyl halides is 3. The molecule has 0 saturated heterocycles. The molecule has 0 bridgehead atoms. The fourth-order valence-electron chi connectivity index (χ4n) is 0.0808. The van der Waals surface area contributed by atoms with E-state index in [9.17, 15) is 17.4 Å². The molecule has 0 spiro atoms. The third kappa shape index (κ3) is 11.8. The molecule has 0 amide bonds. The van der Waals surface area contributed by atoms with Crippen molar-refractivity contribution in [2.45, 2.75) is 6.36 Å². The molecule has 0 saturated carbocycles. The van der Waals surface area contributed by atoms with Crippen LogP contribution in [0, 0.1) is 0 Å². The summed E-state index contributed by atoms with van der Waals surface area (Å²) >= 11 is -3.26. The maximum atomic E-state index is 10.7. The van der Waals surface area contributed by atoms with Crippen molar-refractivity contribution in [2.75, 3.05) is 0 Å². The van der Waals surface area contributed by atoms with Gasteiger partial charge in [0.1, 0.15) is 0 Å². The quantitative estimate of drug-likeness (QED) is 0.514. The maximum Gasteiger partial charge on any atom is 0.537 e. The largest absolute Gasteiger partial charge is 0.537 e. The summed E-state index contributed by atoms with van der Waals surface area (Å²) in [6.07, 6.45) is -5.03. The summed E-state index contributed by atoms with van der Waals surface area (Å²) in [4.78, 5) is 0. The van der Waals surface area contributed by atoms with E-state index in [1.807, 2.05) is 0 Å². The van der Waals surface area contributed by atoms with E-state index < -0.39 is 17.7 Å². The van der Waals surface area contributed by atoms with Crippen LogP contribution < -0.4 is 0 Å². The Kier molecular flexibility index (Phi) is 5.69. The van der Waals surface area contributed by atoms with Gasteiger partial charge in [-0.25, -0.2) is 0 Å². The van der Waals surface area contributed by atoms with Crippen LogP contribution in [0.25, 0.3) is 0 Å². The number of halogens is 3. The van der Waals surface area contributed by atoms with Gasteiger partial charge in [-0.2, -0.15) is 8.39 Å².